The van der Waals surface area contributed by atoms with Crippen molar-refractivity contribution in [3.8, 4) is 0 Å². The second-order valence-corrected chi connectivity index (χ2v) is 5.71. The van der Waals surface area contributed by atoms with Crippen LogP contribution < -0.4 is 10.2 Å². The first kappa shape index (κ1) is 16.6. The summed E-state index contributed by atoms with van der Waals surface area (Å²) in [6.45, 7) is 5.74. The van der Waals surface area contributed by atoms with E-state index < -0.39 is 0 Å². The zero-order valence-corrected chi connectivity index (χ0v) is 13.6. The molecule has 0 spiro atoms. The molecule has 0 unspecified atom stereocenters. The minimum absolute atomic E-state index is 0.00480. The van der Waals surface area contributed by atoms with Crippen LogP contribution >= 0.6 is 0 Å². The van der Waals surface area contributed by atoms with E-state index in [4.69, 9.17) is 5.11 Å². The molecule has 2 rings (SSSR count). The fourth-order valence-electron chi connectivity index (χ4n) is 2.89. The smallest absolute Gasteiger partial charge is 0.321 e. The Labute approximate surface area is 132 Å². The Hall–Kier alpha value is -1.81. The first-order chi connectivity index (χ1) is 10.7. The van der Waals surface area contributed by atoms with Crippen LogP contribution in [0.25, 0.3) is 0 Å². The number of anilines is 1. The van der Waals surface area contributed by atoms with Gasteiger partial charge in [0.15, 0.2) is 0 Å². The molecule has 1 aliphatic heterocycles. The van der Waals surface area contributed by atoms with Crippen LogP contribution in [0.2, 0.25) is 0 Å². The standard InChI is InChI=1S/C18H26N2O2/c1-3-4-11-19-18(22)20-12-10-16-14(2)8-9-15(17(16)20)7-5-6-13-21/h5-6,8-9,21H,3-4,7,10-13H2,1-2H3,(H,19,22)/b6-5-. The lowest BCUT2D eigenvalue weighted by atomic mass is 10.00. The number of aliphatic hydroxyl groups is 1. The highest BCUT2D eigenvalue weighted by molar-refractivity contribution is 5.95. The lowest BCUT2D eigenvalue weighted by molar-refractivity contribution is 0.246. The number of rotatable bonds is 6. The molecular formula is C18H26N2O2. The van der Waals surface area contributed by atoms with Gasteiger partial charge in [-0.2, -0.15) is 0 Å². The van der Waals surface area contributed by atoms with Crippen LogP contribution in [0.5, 0.6) is 0 Å². The molecule has 0 fully saturated rings. The van der Waals surface area contributed by atoms with Gasteiger partial charge in [-0.3, -0.25) is 4.90 Å². The van der Waals surface area contributed by atoms with Crippen LogP contribution in [0.1, 0.15) is 36.5 Å². The Morgan fingerprint density at radius 1 is 1.41 bits per heavy atom. The molecule has 0 bridgehead atoms. The van der Waals surface area contributed by atoms with E-state index >= 15 is 0 Å². The number of aryl methyl sites for hydroxylation is 1. The van der Waals surface area contributed by atoms with E-state index in [0.29, 0.717) is 0 Å². The van der Waals surface area contributed by atoms with Gasteiger partial charge in [-0.25, -0.2) is 4.79 Å². The van der Waals surface area contributed by atoms with Crippen molar-refractivity contribution in [1.82, 2.24) is 5.32 Å². The van der Waals surface area contributed by atoms with Crippen molar-refractivity contribution in [3.63, 3.8) is 0 Å². The predicted molar refractivity (Wildman–Crippen MR) is 90.5 cm³/mol. The maximum Gasteiger partial charge on any atom is 0.321 e. The molecule has 0 aliphatic carbocycles. The highest BCUT2D eigenvalue weighted by atomic mass is 16.2. The zero-order chi connectivity index (χ0) is 15.9. The van der Waals surface area contributed by atoms with Gasteiger partial charge in [0.1, 0.15) is 0 Å². The number of fused-ring (bicyclic) bond motifs is 1. The second kappa shape index (κ2) is 7.99. The summed E-state index contributed by atoms with van der Waals surface area (Å²) in [5.74, 6) is 0. The highest BCUT2D eigenvalue weighted by Gasteiger charge is 2.27. The number of carbonyl (C=O) groups is 1. The highest BCUT2D eigenvalue weighted by Crippen LogP contribution is 2.34. The molecule has 1 aromatic carbocycles. The van der Waals surface area contributed by atoms with Crippen molar-refractivity contribution in [1.29, 1.82) is 0 Å². The lowest BCUT2D eigenvalue weighted by Crippen LogP contribution is -2.39. The molecule has 1 aromatic rings. The number of hydrogen-bond donors (Lipinski definition) is 2. The maximum atomic E-state index is 12.4. The minimum atomic E-state index is 0.00480. The second-order valence-electron chi connectivity index (χ2n) is 5.71. The quantitative estimate of drug-likeness (QED) is 0.627. The average molecular weight is 302 g/mol. The average Bonchev–Trinajstić information content (AvgIpc) is 2.96. The van der Waals surface area contributed by atoms with Gasteiger partial charge in [0.2, 0.25) is 0 Å². The van der Waals surface area contributed by atoms with Gasteiger partial charge in [-0.1, -0.05) is 37.6 Å². The Morgan fingerprint density at radius 3 is 2.95 bits per heavy atom. The number of unbranched alkanes of at least 4 members (excludes halogenated alkanes) is 1. The molecule has 22 heavy (non-hydrogen) atoms. The van der Waals surface area contributed by atoms with Crippen molar-refractivity contribution < 1.29 is 9.90 Å². The van der Waals surface area contributed by atoms with E-state index in [1.807, 2.05) is 11.0 Å². The largest absolute Gasteiger partial charge is 0.392 e. The molecular weight excluding hydrogens is 276 g/mol. The van der Waals surface area contributed by atoms with E-state index in [1.54, 1.807) is 6.08 Å². The van der Waals surface area contributed by atoms with Crippen LogP contribution in [0.3, 0.4) is 0 Å². The number of nitrogens with zero attached hydrogens (tertiary/aromatic N) is 1. The molecule has 0 saturated heterocycles. The van der Waals surface area contributed by atoms with Crippen LogP contribution in [0.4, 0.5) is 10.5 Å². The fourth-order valence-corrected chi connectivity index (χ4v) is 2.89. The maximum absolute atomic E-state index is 12.4. The van der Waals surface area contributed by atoms with Crippen molar-refractivity contribution in [2.75, 3.05) is 24.6 Å². The third-order valence-corrected chi connectivity index (χ3v) is 4.12. The van der Waals surface area contributed by atoms with Crippen molar-refractivity contribution >= 4 is 11.7 Å². The van der Waals surface area contributed by atoms with Crippen molar-refractivity contribution in [2.24, 2.45) is 0 Å². The van der Waals surface area contributed by atoms with E-state index in [2.05, 4.69) is 31.3 Å². The van der Waals surface area contributed by atoms with Crippen molar-refractivity contribution in [3.05, 3.63) is 41.0 Å². The summed E-state index contributed by atoms with van der Waals surface area (Å²) in [6.07, 6.45) is 7.44. The summed E-state index contributed by atoms with van der Waals surface area (Å²) in [4.78, 5) is 14.3. The number of amides is 2. The molecule has 2 N–H and O–H groups in total. The SMILES string of the molecule is CCCCNC(=O)N1CCc2c(C)ccc(C/C=C\CO)c21. The molecule has 4 heteroatoms. The molecule has 0 radical (unpaired) electrons. The van der Waals surface area contributed by atoms with Gasteiger partial charge >= 0.3 is 6.03 Å². The number of carbonyl (C=O) groups excluding carboxylic acids is 1. The topological polar surface area (TPSA) is 52.6 Å². The number of nitrogens with one attached hydrogen (secondary N) is 1. The van der Waals surface area contributed by atoms with E-state index in [9.17, 15) is 4.79 Å². The van der Waals surface area contributed by atoms with Gasteiger partial charge < -0.3 is 10.4 Å². The normalized spacial score (nSPS) is 13.7. The third-order valence-electron chi connectivity index (χ3n) is 4.12. The van der Waals surface area contributed by atoms with Crippen molar-refractivity contribution in [2.45, 2.75) is 39.5 Å². The van der Waals surface area contributed by atoms with Crippen LogP contribution in [0.15, 0.2) is 24.3 Å². The first-order valence-corrected chi connectivity index (χ1v) is 8.11. The lowest BCUT2D eigenvalue weighted by Gasteiger charge is -2.21. The van der Waals surface area contributed by atoms with Crippen LogP contribution in [-0.4, -0.2) is 30.8 Å². The van der Waals surface area contributed by atoms with Gasteiger partial charge in [-0.15, -0.1) is 0 Å². The Bertz CT molecular complexity index is 552. The molecule has 0 saturated carbocycles. The molecule has 1 aliphatic rings. The molecule has 0 atom stereocenters. The van der Waals surface area contributed by atoms with E-state index in [0.717, 1.165) is 50.0 Å². The summed E-state index contributed by atoms with van der Waals surface area (Å²) < 4.78 is 0. The number of benzene rings is 1. The summed E-state index contributed by atoms with van der Waals surface area (Å²) in [5.41, 5.74) is 4.74. The predicted octanol–water partition coefficient (Wildman–Crippen LogP) is 2.96. The fraction of sp³-hybridized carbons (Fsp3) is 0.500. The first-order valence-electron chi connectivity index (χ1n) is 8.11. The molecule has 0 aromatic heterocycles. The van der Waals surface area contributed by atoms with E-state index in [1.165, 1.54) is 11.1 Å². The zero-order valence-electron chi connectivity index (χ0n) is 13.6. The van der Waals surface area contributed by atoms with Gasteiger partial charge in [0, 0.05) is 13.1 Å². The Morgan fingerprint density at radius 2 is 2.23 bits per heavy atom. The molecule has 2 amide bonds. The molecule has 120 valence electrons. The molecule has 1 heterocycles. The summed E-state index contributed by atoms with van der Waals surface area (Å²) in [5, 5.41) is 11.9. The number of hydrogen-bond acceptors (Lipinski definition) is 2. The number of aliphatic hydroxyl groups excluding tert-OH is 1. The van der Waals surface area contributed by atoms with Crippen LogP contribution in [0, 0.1) is 6.92 Å². The van der Waals surface area contributed by atoms with Crippen LogP contribution in [-0.2, 0) is 12.8 Å². The molecule has 4 nitrogen and oxygen atoms in total. The summed E-state index contributed by atoms with van der Waals surface area (Å²) in [6, 6.07) is 4.22. The number of allylic oxidation sites excluding steroid dienone is 1. The Kier molecular flexibility index (Phi) is 6.01. The summed E-state index contributed by atoms with van der Waals surface area (Å²) in [7, 11) is 0. The summed E-state index contributed by atoms with van der Waals surface area (Å²) >= 11 is 0. The van der Waals surface area contributed by atoms with Gasteiger partial charge in [0.05, 0.1) is 12.3 Å². The number of urea groups is 1. The van der Waals surface area contributed by atoms with Gasteiger partial charge in [0.25, 0.3) is 0 Å². The third kappa shape index (κ3) is 3.69. The minimum Gasteiger partial charge on any atom is -0.392 e. The Balaban J connectivity index is 2.21. The monoisotopic (exact) mass is 302 g/mol. The van der Waals surface area contributed by atoms with Gasteiger partial charge in [-0.05, 0) is 42.9 Å². The van der Waals surface area contributed by atoms with E-state index in [-0.39, 0.29) is 12.6 Å².